The average Bonchev–Trinajstić information content (AvgIpc) is 1.89. The van der Waals surface area contributed by atoms with Crippen LogP contribution in [0.4, 0.5) is 0 Å². The van der Waals surface area contributed by atoms with Crippen LogP contribution < -0.4 is 11.1 Å². The smallest absolute Gasteiger partial charge is 0.239 e. The fourth-order valence-corrected chi connectivity index (χ4v) is 0.885. The van der Waals surface area contributed by atoms with E-state index in [-0.39, 0.29) is 5.91 Å². The first-order valence-electron chi connectivity index (χ1n) is 3.28. The third kappa shape index (κ3) is 1.27. The molecule has 0 bridgehead atoms. The minimum atomic E-state index is -0.655. The molecule has 0 unspecified atom stereocenters. The van der Waals surface area contributed by atoms with Crippen molar-refractivity contribution in [2.45, 2.75) is 12.5 Å². The molecular formula is C6H12N2O2. The molecule has 1 fully saturated rings. The van der Waals surface area contributed by atoms with E-state index in [1.165, 1.54) is 0 Å². The van der Waals surface area contributed by atoms with E-state index in [2.05, 4.69) is 5.32 Å². The Morgan fingerprint density at radius 2 is 2.50 bits per heavy atom. The Kier molecular flexibility index (Phi) is 1.92. The van der Waals surface area contributed by atoms with Gasteiger partial charge in [-0.1, -0.05) is 0 Å². The molecule has 1 amide bonds. The number of morpholine rings is 1. The molecule has 1 atom stereocenters. The second kappa shape index (κ2) is 2.56. The van der Waals surface area contributed by atoms with E-state index in [9.17, 15) is 4.79 Å². The summed E-state index contributed by atoms with van der Waals surface area (Å²) in [6.45, 7) is 3.47. The molecule has 1 aliphatic rings. The van der Waals surface area contributed by atoms with Crippen molar-refractivity contribution in [2.24, 2.45) is 5.73 Å². The highest BCUT2D eigenvalue weighted by Crippen LogP contribution is 2.06. The molecule has 1 rings (SSSR count). The predicted molar refractivity (Wildman–Crippen MR) is 36.4 cm³/mol. The van der Waals surface area contributed by atoms with Crippen LogP contribution in [-0.4, -0.2) is 31.2 Å². The minimum Gasteiger partial charge on any atom is -0.378 e. The first kappa shape index (κ1) is 7.50. The van der Waals surface area contributed by atoms with Crippen molar-refractivity contribution in [1.82, 2.24) is 5.32 Å². The highest BCUT2D eigenvalue weighted by atomic mass is 16.5. The lowest BCUT2D eigenvalue weighted by molar-refractivity contribution is -0.128. The summed E-state index contributed by atoms with van der Waals surface area (Å²) < 4.78 is 5.08. The molecule has 3 N–H and O–H groups in total. The lowest BCUT2D eigenvalue weighted by Gasteiger charge is -2.31. The highest BCUT2D eigenvalue weighted by Gasteiger charge is 2.32. The molecule has 1 heterocycles. The summed E-state index contributed by atoms with van der Waals surface area (Å²) in [6, 6.07) is 0. The summed E-state index contributed by atoms with van der Waals surface area (Å²) in [7, 11) is 0. The van der Waals surface area contributed by atoms with Crippen LogP contribution in [-0.2, 0) is 9.53 Å². The van der Waals surface area contributed by atoms with E-state index < -0.39 is 5.54 Å². The van der Waals surface area contributed by atoms with Crippen molar-refractivity contribution in [2.75, 3.05) is 19.8 Å². The van der Waals surface area contributed by atoms with Gasteiger partial charge >= 0.3 is 0 Å². The van der Waals surface area contributed by atoms with Crippen molar-refractivity contribution < 1.29 is 9.53 Å². The third-order valence-corrected chi connectivity index (χ3v) is 1.70. The summed E-state index contributed by atoms with van der Waals surface area (Å²) in [6.07, 6.45) is 0. The van der Waals surface area contributed by atoms with Crippen LogP contribution in [0, 0.1) is 0 Å². The Balaban J connectivity index is 2.56. The van der Waals surface area contributed by atoms with Crippen LogP contribution in [0.2, 0.25) is 0 Å². The second-order valence-electron chi connectivity index (χ2n) is 2.68. The third-order valence-electron chi connectivity index (χ3n) is 1.70. The van der Waals surface area contributed by atoms with E-state index in [0.29, 0.717) is 19.8 Å². The number of rotatable bonds is 1. The van der Waals surface area contributed by atoms with E-state index >= 15 is 0 Å². The topological polar surface area (TPSA) is 64.4 Å². The molecule has 0 radical (unpaired) electrons. The summed E-state index contributed by atoms with van der Waals surface area (Å²) in [5.41, 5.74) is 4.47. The average molecular weight is 144 g/mol. The Morgan fingerprint density at radius 1 is 1.80 bits per heavy atom. The zero-order chi connectivity index (χ0) is 7.61. The molecule has 58 valence electrons. The van der Waals surface area contributed by atoms with Gasteiger partial charge in [-0.05, 0) is 6.92 Å². The molecule has 0 spiro atoms. The van der Waals surface area contributed by atoms with E-state index in [1.807, 2.05) is 0 Å². The van der Waals surface area contributed by atoms with Gasteiger partial charge in [-0.2, -0.15) is 0 Å². The zero-order valence-corrected chi connectivity index (χ0v) is 6.02. The minimum absolute atomic E-state index is 0.354. The molecule has 0 saturated carbocycles. The van der Waals surface area contributed by atoms with Gasteiger partial charge in [0.15, 0.2) is 0 Å². The molecule has 0 aromatic heterocycles. The van der Waals surface area contributed by atoms with Gasteiger partial charge in [0.05, 0.1) is 13.2 Å². The largest absolute Gasteiger partial charge is 0.378 e. The van der Waals surface area contributed by atoms with Crippen molar-refractivity contribution in [1.29, 1.82) is 0 Å². The Labute approximate surface area is 59.7 Å². The van der Waals surface area contributed by atoms with Crippen LogP contribution in [0.15, 0.2) is 0 Å². The SMILES string of the molecule is C[C@]1(C(N)=O)COCCN1. The normalized spacial score (nSPS) is 33.7. The molecule has 4 heteroatoms. The lowest BCUT2D eigenvalue weighted by Crippen LogP contribution is -2.59. The van der Waals surface area contributed by atoms with Crippen molar-refractivity contribution in [3.8, 4) is 0 Å². The van der Waals surface area contributed by atoms with E-state index in [4.69, 9.17) is 10.5 Å². The maximum Gasteiger partial charge on any atom is 0.239 e. The fraction of sp³-hybridized carbons (Fsp3) is 0.833. The molecule has 1 aliphatic heterocycles. The van der Waals surface area contributed by atoms with Crippen LogP contribution in [0.5, 0.6) is 0 Å². The molecule has 4 nitrogen and oxygen atoms in total. The lowest BCUT2D eigenvalue weighted by atomic mass is 10.0. The van der Waals surface area contributed by atoms with Gasteiger partial charge in [0, 0.05) is 6.54 Å². The molecular weight excluding hydrogens is 132 g/mol. The van der Waals surface area contributed by atoms with E-state index in [0.717, 1.165) is 0 Å². The maximum absolute atomic E-state index is 10.8. The van der Waals surface area contributed by atoms with Crippen LogP contribution in [0.1, 0.15) is 6.92 Å². The highest BCUT2D eigenvalue weighted by molar-refractivity contribution is 5.84. The Hall–Kier alpha value is -0.610. The number of hydrogen-bond acceptors (Lipinski definition) is 3. The fourth-order valence-electron chi connectivity index (χ4n) is 0.885. The van der Waals surface area contributed by atoms with Gasteiger partial charge in [0.1, 0.15) is 5.54 Å². The standard InChI is InChI=1S/C6H12N2O2/c1-6(5(7)9)4-10-3-2-8-6/h8H,2-4H2,1H3,(H2,7,9)/t6-/m1/s1. The van der Waals surface area contributed by atoms with Gasteiger partial charge in [0.25, 0.3) is 0 Å². The summed E-state index contributed by atoms with van der Waals surface area (Å²) in [5, 5.41) is 3.00. The number of nitrogens with one attached hydrogen (secondary N) is 1. The molecule has 10 heavy (non-hydrogen) atoms. The van der Waals surface area contributed by atoms with Gasteiger partial charge in [-0.15, -0.1) is 0 Å². The Morgan fingerprint density at radius 3 is 2.80 bits per heavy atom. The molecule has 0 aromatic rings. The van der Waals surface area contributed by atoms with Gasteiger partial charge in [-0.25, -0.2) is 0 Å². The van der Waals surface area contributed by atoms with Gasteiger partial charge in [-0.3, -0.25) is 10.1 Å². The number of carbonyl (C=O) groups is 1. The van der Waals surface area contributed by atoms with Crippen LogP contribution >= 0.6 is 0 Å². The summed E-state index contributed by atoms with van der Waals surface area (Å²) >= 11 is 0. The summed E-state index contributed by atoms with van der Waals surface area (Å²) in [4.78, 5) is 10.8. The van der Waals surface area contributed by atoms with Crippen LogP contribution in [0.3, 0.4) is 0 Å². The number of primary amides is 1. The van der Waals surface area contributed by atoms with Crippen LogP contribution in [0.25, 0.3) is 0 Å². The number of ether oxygens (including phenoxy) is 1. The number of carbonyl (C=O) groups excluding carboxylic acids is 1. The number of hydrogen-bond donors (Lipinski definition) is 2. The summed E-state index contributed by atoms with van der Waals surface area (Å²) in [5.74, 6) is -0.354. The first-order valence-corrected chi connectivity index (χ1v) is 3.28. The second-order valence-corrected chi connectivity index (χ2v) is 2.68. The maximum atomic E-state index is 10.8. The van der Waals surface area contributed by atoms with Crippen molar-refractivity contribution >= 4 is 5.91 Å². The van der Waals surface area contributed by atoms with Crippen molar-refractivity contribution in [3.05, 3.63) is 0 Å². The monoisotopic (exact) mass is 144 g/mol. The quantitative estimate of drug-likeness (QED) is 0.488. The predicted octanol–water partition coefficient (Wildman–Crippen LogP) is -1.15. The number of amides is 1. The molecule has 0 aliphatic carbocycles. The Bertz CT molecular complexity index is 141. The molecule has 1 saturated heterocycles. The van der Waals surface area contributed by atoms with E-state index in [1.54, 1.807) is 6.92 Å². The zero-order valence-electron chi connectivity index (χ0n) is 6.02. The van der Waals surface area contributed by atoms with Gasteiger partial charge < -0.3 is 10.5 Å². The number of nitrogens with two attached hydrogens (primary N) is 1. The van der Waals surface area contributed by atoms with Crippen molar-refractivity contribution in [3.63, 3.8) is 0 Å². The van der Waals surface area contributed by atoms with Gasteiger partial charge in [0.2, 0.25) is 5.91 Å². The molecule has 0 aromatic carbocycles. The first-order chi connectivity index (χ1) is 4.65.